The van der Waals surface area contributed by atoms with Crippen molar-refractivity contribution in [1.29, 1.82) is 0 Å². The number of aliphatic hydroxyl groups excluding tert-OH is 3. The average Bonchev–Trinajstić information content (AvgIpc) is 3.04. The predicted molar refractivity (Wildman–Crippen MR) is 71.0 cm³/mol. The summed E-state index contributed by atoms with van der Waals surface area (Å²) in [6.07, 6.45) is 4.48. The summed E-state index contributed by atoms with van der Waals surface area (Å²) in [4.78, 5) is 0. The normalized spacial score (nSPS) is 49.2. The second-order valence-electron chi connectivity index (χ2n) is 6.88. The van der Waals surface area contributed by atoms with E-state index in [0.29, 0.717) is 6.42 Å². The molecule has 0 heterocycles. The molecular weight excluding hydrogens is 228 g/mol. The minimum absolute atomic E-state index is 0.0133. The maximum atomic E-state index is 10.5. The van der Waals surface area contributed by atoms with E-state index in [1.54, 1.807) is 0 Å². The Bertz CT molecular complexity index is 352. The van der Waals surface area contributed by atoms with Gasteiger partial charge in [0.05, 0.1) is 18.8 Å². The SMILES string of the molecule is CC1=CCC(C)(CO)C(O)C2CC2(C)C(O)CC1. The van der Waals surface area contributed by atoms with Gasteiger partial charge in [0.1, 0.15) is 0 Å². The Hall–Kier alpha value is -0.380. The second-order valence-corrected chi connectivity index (χ2v) is 6.88. The summed E-state index contributed by atoms with van der Waals surface area (Å²) < 4.78 is 0. The molecule has 0 saturated heterocycles. The van der Waals surface area contributed by atoms with Gasteiger partial charge in [-0.05, 0) is 43.9 Å². The first-order chi connectivity index (χ1) is 8.33. The Morgan fingerprint density at radius 3 is 2.61 bits per heavy atom. The summed E-state index contributed by atoms with van der Waals surface area (Å²) in [7, 11) is 0. The van der Waals surface area contributed by atoms with Crippen LogP contribution < -0.4 is 0 Å². The van der Waals surface area contributed by atoms with Gasteiger partial charge in [-0.15, -0.1) is 0 Å². The lowest BCUT2D eigenvalue weighted by Gasteiger charge is -2.35. The van der Waals surface area contributed by atoms with Crippen LogP contribution in [0.5, 0.6) is 0 Å². The second kappa shape index (κ2) is 4.62. The summed E-state index contributed by atoms with van der Waals surface area (Å²) in [5.41, 5.74) is 0.595. The van der Waals surface area contributed by atoms with Gasteiger partial charge in [0.25, 0.3) is 0 Å². The molecule has 5 atom stereocenters. The van der Waals surface area contributed by atoms with E-state index in [0.717, 1.165) is 19.3 Å². The van der Waals surface area contributed by atoms with Crippen LogP contribution in [0.1, 0.15) is 46.5 Å². The maximum absolute atomic E-state index is 10.5. The number of rotatable bonds is 1. The van der Waals surface area contributed by atoms with Gasteiger partial charge < -0.3 is 15.3 Å². The topological polar surface area (TPSA) is 60.7 Å². The molecule has 5 unspecified atom stereocenters. The molecule has 2 aliphatic carbocycles. The zero-order chi connectivity index (χ0) is 13.6. The van der Waals surface area contributed by atoms with Crippen LogP contribution in [0.3, 0.4) is 0 Å². The van der Waals surface area contributed by atoms with Gasteiger partial charge >= 0.3 is 0 Å². The first kappa shape index (κ1) is 14.0. The molecule has 3 nitrogen and oxygen atoms in total. The van der Waals surface area contributed by atoms with Gasteiger partial charge in [-0.1, -0.05) is 25.5 Å². The van der Waals surface area contributed by atoms with Crippen LogP contribution in [-0.4, -0.2) is 34.1 Å². The van der Waals surface area contributed by atoms with E-state index < -0.39 is 11.5 Å². The van der Waals surface area contributed by atoms with Gasteiger partial charge in [-0.25, -0.2) is 0 Å². The highest BCUT2D eigenvalue weighted by atomic mass is 16.3. The summed E-state index contributed by atoms with van der Waals surface area (Å²) in [5, 5.41) is 30.4. The molecule has 3 heteroatoms. The lowest BCUT2D eigenvalue weighted by molar-refractivity contribution is -0.0364. The number of allylic oxidation sites excluding steroid dienone is 2. The fraction of sp³-hybridized carbons (Fsp3) is 0.867. The van der Waals surface area contributed by atoms with E-state index in [1.807, 2.05) is 6.92 Å². The molecular formula is C15H26O3. The van der Waals surface area contributed by atoms with Crippen LogP contribution >= 0.6 is 0 Å². The highest BCUT2D eigenvalue weighted by Crippen LogP contribution is 2.60. The monoisotopic (exact) mass is 254 g/mol. The summed E-state index contributed by atoms with van der Waals surface area (Å²) in [6, 6.07) is 0. The van der Waals surface area contributed by atoms with Gasteiger partial charge in [-0.2, -0.15) is 0 Å². The van der Waals surface area contributed by atoms with E-state index in [1.165, 1.54) is 5.57 Å². The highest BCUT2D eigenvalue weighted by molar-refractivity contribution is 5.13. The van der Waals surface area contributed by atoms with Crippen LogP contribution in [0.4, 0.5) is 0 Å². The zero-order valence-electron chi connectivity index (χ0n) is 11.7. The molecule has 3 N–H and O–H groups in total. The third-order valence-corrected chi connectivity index (χ3v) is 5.29. The Kier molecular flexibility index (Phi) is 3.60. The van der Waals surface area contributed by atoms with Crippen molar-refractivity contribution < 1.29 is 15.3 Å². The molecule has 0 amide bonds. The molecule has 0 bridgehead atoms. The minimum Gasteiger partial charge on any atom is -0.396 e. The van der Waals surface area contributed by atoms with Crippen molar-refractivity contribution in [1.82, 2.24) is 0 Å². The van der Waals surface area contributed by atoms with Crippen molar-refractivity contribution in [3.63, 3.8) is 0 Å². The summed E-state index contributed by atoms with van der Waals surface area (Å²) in [5.74, 6) is 0.122. The standard InChI is InChI=1S/C15H26O3/c1-10-4-5-12(17)15(3)8-11(15)13(18)14(2,9-16)7-6-10/h6,11-13,16-18H,4-5,7-9H2,1-3H3. The molecule has 1 saturated carbocycles. The van der Waals surface area contributed by atoms with E-state index in [2.05, 4.69) is 19.9 Å². The molecule has 18 heavy (non-hydrogen) atoms. The number of aliphatic hydroxyl groups is 3. The van der Waals surface area contributed by atoms with Crippen molar-refractivity contribution in [3.8, 4) is 0 Å². The van der Waals surface area contributed by atoms with Gasteiger partial charge in [0, 0.05) is 5.41 Å². The molecule has 2 rings (SSSR count). The third kappa shape index (κ3) is 2.24. The quantitative estimate of drug-likeness (QED) is 0.626. The van der Waals surface area contributed by atoms with Gasteiger partial charge in [-0.3, -0.25) is 0 Å². The van der Waals surface area contributed by atoms with Crippen molar-refractivity contribution in [3.05, 3.63) is 11.6 Å². The first-order valence-corrected chi connectivity index (χ1v) is 6.96. The molecule has 0 aromatic carbocycles. The zero-order valence-corrected chi connectivity index (χ0v) is 11.7. The highest BCUT2D eigenvalue weighted by Gasteiger charge is 2.60. The van der Waals surface area contributed by atoms with Crippen molar-refractivity contribution in [2.75, 3.05) is 6.61 Å². The Balaban J connectivity index is 2.27. The summed E-state index contributed by atoms with van der Waals surface area (Å²) >= 11 is 0. The van der Waals surface area contributed by atoms with Crippen LogP contribution in [0, 0.1) is 16.7 Å². The van der Waals surface area contributed by atoms with Crippen molar-refractivity contribution in [2.24, 2.45) is 16.7 Å². The molecule has 0 radical (unpaired) electrons. The van der Waals surface area contributed by atoms with E-state index in [9.17, 15) is 15.3 Å². The molecule has 0 spiro atoms. The van der Waals surface area contributed by atoms with Crippen LogP contribution in [0.15, 0.2) is 11.6 Å². The Morgan fingerprint density at radius 2 is 2.00 bits per heavy atom. The van der Waals surface area contributed by atoms with Gasteiger partial charge in [0.15, 0.2) is 0 Å². The number of hydrogen-bond acceptors (Lipinski definition) is 3. The lowest BCUT2D eigenvalue weighted by Crippen LogP contribution is -2.40. The van der Waals surface area contributed by atoms with Crippen molar-refractivity contribution in [2.45, 2.75) is 58.7 Å². The third-order valence-electron chi connectivity index (χ3n) is 5.29. The smallest absolute Gasteiger partial charge is 0.0653 e. The molecule has 2 aliphatic rings. The molecule has 1 fully saturated rings. The van der Waals surface area contributed by atoms with Crippen molar-refractivity contribution >= 4 is 0 Å². The van der Waals surface area contributed by atoms with Crippen LogP contribution in [-0.2, 0) is 0 Å². The molecule has 104 valence electrons. The van der Waals surface area contributed by atoms with Crippen LogP contribution in [0.2, 0.25) is 0 Å². The Labute approximate surface area is 110 Å². The first-order valence-electron chi connectivity index (χ1n) is 6.96. The maximum Gasteiger partial charge on any atom is 0.0653 e. The fourth-order valence-electron chi connectivity index (χ4n) is 3.24. The van der Waals surface area contributed by atoms with E-state index >= 15 is 0 Å². The number of hydrogen-bond donors (Lipinski definition) is 3. The van der Waals surface area contributed by atoms with Gasteiger partial charge in [0.2, 0.25) is 0 Å². The van der Waals surface area contributed by atoms with E-state index in [4.69, 9.17) is 0 Å². The molecule has 0 aliphatic heterocycles. The largest absolute Gasteiger partial charge is 0.396 e. The minimum atomic E-state index is -0.538. The fourth-order valence-corrected chi connectivity index (χ4v) is 3.24. The molecule has 0 aromatic rings. The predicted octanol–water partition coefficient (Wildman–Crippen LogP) is 1.86. The molecule has 0 aromatic heterocycles. The van der Waals surface area contributed by atoms with Crippen LogP contribution in [0.25, 0.3) is 0 Å². The lowest BCUT2D eigenvalue weighted by atomic mass is 9.75. The summed E-state index contributed by atoms with van der Waals surface area (Å²) in [6.45, 7) is 6.05. The number of fused-ring (bicyclic) bond motifs is 1. The Morgan fingerprint density at radius 1 is 1.33 bits per heavy atom. The van der Waals surface area contributed by atoms with E-state index in [-0.39, 0.29) is 24.0 Å². The average molecular weight is 254 g/mol.